The fourth-order valence-corrected chi connectivity index (χ4v) is 3.79. The van der Waals surface area contributed by atoms with Crippen molar-refractivity contribution in [1.29, 1.82) is 0 Å². The molecule has 0 aromatic carbocycles. The summed E-state index contributed by atoms with van der Waals surface area (Å²) in [5, 5.41) is 8.85. The number of H-pyrrole nitrogens is 1. The lowest BCUT2D eigenvalue weighted by Gasteiger charge is -2.04. The number of carbonyl (C=O) groups is 1. The number of hydrogen-bond acceptors (Lipinski definition) is 6. The predicted octanol–water partition coefficient (Wildman–Crippen LogP) is 0.475. The first-order chi connectivity index (χ1) is 9.50. The summed E-state index contributed by atoms with van der Waals surface area (Å²) in [6.07, 6.45) is 4.46. The minimum atomic E-state index is -3.84. The number of aromatic carboxylic acids is 1. The van der Waals surface area contributed by atoms with Crippen LogP contribution in [0.1, 0.15) is 22.7 Å². The summed E-state index contributed by atoms with van der Waals surface area (Å²) in [4.78, 5) is 21.3. The molecule has 10 heteroatoms. The highest BCUT2D eigenvalue weighted by Crippen LogP contribution is 2.19. The fraction of sp³-hybridized carbons (Fsp3) is 0.300. The van der Waals surface area contributed by atoms with Crippen molar-refractivity contribution in [2.24, 2.45) is 0 Å². The average Bonchev–Trinajstić information content (AvgIpc) is 3.05. The van der Waals surface area contributed by atoms with Gasteiger partial charge in [-0.25, -0.2) is 27.9 Å². The van der Waals surface area contributed by atoms with Gasteiger partial charge in [-0.3, -0.25) is 0 Å². The molecule has 108 valence electrons. The topological polar surface area (TPSA) is 125 Å². The number of sulfonamides is 1. The number of aromatic nitrogens is 3. The number of carboxylic acid groups (broad SMARTS) is 1. The lowest BCUT2D eigenvalue weighted by molar-refractivity contribution is 0.0687. The summed E-state index contributed by atoms with van der Waals surface area (Å²) in [5.41, 5.74) is 0.745. The second-order valence-electron chi connectivity index (χ2n) is 3.83. The van der Waals surface area contributed by atoms with Crippen molar-refractivity contribution >= 4 is 27.3 Å². The zero-order valence-corrected chi connectivity index (χ0v) is 11.9. The Morgan fingerprint density at radius 1 is 1.45 bits per heavy atom. The van der Waals surface area contributed by atoms with E-state index in [9.17, 15) is 13.2 Å². The van der Waals surface area contributed by atoms with E-state index in [1.165, 1.54) is 5.51 Å². The van der Waals surface area contributed by atoms with E-state index < -0.39 is 21.7 Å². The number of thiazole rings is 1. The van der Waals surface area contributed by atoms with E-state index in [0.29, 0.717) is 12.8 Å². The molecule has 0 bridgehead atoms. The van der Waals surface area contributed by atoms with E-state index in [0.717, 1.165) is 17.2 Å². The Balaban J connectivity index is 1.94. The Kier molecular flexibility index (Phi) is 4.47. The van der Waals surface area contributed by atoms with Gasteiger partial charge in [0.15, 0.2) is 9.90 Å². The standard InChI is InChI=1S/C10H12N4O4S2/c15-9(16)8-10(19-6-13-8)20(17,18)14-3-1-2-7-11-4-5-12-7/h4-6,14H,1-3H2,(H,11,12)(H,15,16). The minimum absolute atomic E-state index is 0.194. The summed E-state index contributed by atoms with van der Waals surface area (Å²) in [6, 6.07) is 0. The average molecular weight is 316 g/mol. The molecule has 0 aliphatic carbocycles. The van der Waals surface area contributed by atoms with E-state index in [-0.39, 0.29) is 10.8 Å². The molecule has 0 saturated carbocycles. The van der Waals surface area contributed by atoms with Crippen molar-refractivity contribution in [3.8, 4) is 0 Å². The van der Waals surface area contributed by atoms with Crippen molar-refractivity contribution in [3.05, 3.63) is 29.4 Å². The van der Waals surface area contributed by atoms with Crippen molar-refractivity contribution in [2.45, 2.75) is 17.1 Å². The molecule has 3 N–H and O–H groups in total. The van der Waals surface area contributed by atoms with E-state index in [1.807, 2.05) is 0 Å². The third kappa shape index (κ3) is 3.40. The first-order valence-corrected chi connectivity index (χ1v) is 8.01. The summed E-state index contributed by atoms with van der Waals surface area (Å²) in [7, 11) is -3.84. The number of aryl methyl sites for hydroxylation is 1. The van der Waals surface area contributed by atoms with Crippen molar-refractivity contribution in [3.63, 3.8) is 0 Å². The maximum absolute atomic E-state index is 12.0. The van der Waals surface area contributed by atoms with Gasteiger partial charge in [0.1, 0.15) is 5.82 Å². The first-order valence-electron chi connectivity index (χ1n) is 5.65. The Bertz CT molecular complexity index is 678. The maximum atomic E-state index is 12.0. The van der Waals surface area contributed by atoms with Gasteiger partial charge in [-0.15, -0.1) is 11.3 Å². The van der Waals surface area contributed by atoms with Crippen LogP contribution in [0.15, 0.2) is 22.1 Å². The highest BCUT2D eigenvalue weighted by atomic mass is 32.2. The van der Waals surface area contributed by atoms with E-state index >= 15 is 0 Å². The molecule has 0 spiro atoms. The Labute approximate surface area is 119 Å². The third-order valence-electron chi connectivity index (χ3n) is 2.42. The van der Waals surface area contributed by atoms with Gasteiger partial charge in [0.05, 0.1) is 5.51 Å². The number of nitrogens with zero attached hydrogens (tertiary/aromatic N) is 2. The van der Waals surface area contributed by atoms with Crippen LogP contribution in [0.3, 0.4) is 0 Å². The minimum Gasteiger partial charge on any atom is -0.476 e. The molecule has 2 aromatic heterocycles. The largest absolute Gasteiger partial charge is 0.476 e. The summed E-state index contributed by atoms with van der Waals surface area (Å²) in [6.45, 7) is 0.194. The zero-order valence-electron chi connectivity index (χ0n) is 10.2. The van der Waals surface area contributed by atoms with Crippen molar-refractivity contribution in [2.75, 3.05) is 6.54 Å². The monoisotopic (exact) mass is 316 g/mol. The van der Waals surface area contributed by atoms with Crippen LogP contribution in [0.25, 0.3) is 0 Å². The summed E-state index contributed by atoms with van der Waals surface area (Å²) in [5.74, 6) is -0.588. The van der Waals surface area contributed by atoms with Crippen LogP contribution >= 0.6 is 11.3 Å². The van der Waals surface area contributed by atoms with Gasteiger partial charge in [0, 0.05) is 25.4 Å². The Morgan fingerprint density at radius 3 is 2.90 bits per heavy atom. The number of carboxylic acids is 1. The van der Waals surface area contributed by atoms with E-state index in [4.69, 9.17) is 5.11 Å². The molecular weight excluding hydrogens is 304 g/mol. The lowest BCUT2D eigenvalue weighted by atomic mass is 10.3. The number of nitrogens with one attached hydrogen (secondary N) is 2. The Hall–Kier alpha value is -1.78. The fourth-order valence-electron chi connectivity index (χ4n) is 1.53. The second kappa shape index (κ2) is 6.11. The van der Waals surface area contributed by atoms with E-state index in [2.05, 4.69) is 19.7 Å². The molecule has 2 aromatic rings. The highest BCUT2D eigenvalue weighted by molar-refractivity contribution is 7.91. The van der Waals surface area contributed by atoms with Gasteiger partial charge in [-0.1, -0.05) is 0 Å². The van der Waals surface area contributed by atoms with Crippen molar-refractivity contribution in [1.82, 2.24) is 19.7 Å². The summed E-state index contributed by atoms with van der Waals surface area (Å²) >= 11 is 0.780. The second-order valence-corrected chi connectivity index (χ2v) is 6.65. The maximum Gasteiger partial charge on any atom is 0.356 e. The molecule has 0 unspecified atom stereocenters. The molecular formula is C10H12N4O4S2. The van der Waals surface area contributed by atoms with Crippen LogP contribution < -0.4 is 4.72 Å². The molecule has 0 fully saturated rings. The number of imidazole rings is 1. The molecule has 2 heterocycles. The van der Waals surface area contributed by atoms with Gasteiger partial charge >= 0.3 is 5.97 Å². The van der Waals surface area contributed by atoms with Gasteiger partial charge in [0.2, 0.25) is 0 Å². The number of aromatic amines is 1. The number of rotatable bonds is 7. The molecule has 0 atom stereocenters. The lowest BCUT2D eigenvalue weighted by Crippen LogP contribution is -2.26. The quantitative estimate of drug-likeness (QED) is 0.638. The van der Waals surface area contributed by atoms with Gasteiger partial charge in [-0.05, 0) is 6.42 Å². The predicted molar refractivity (Wildman–Crippen MR) is 71.2 cm³/mol. The molecule has 8 nitrogen and oxygen atoms in total. The molecule has 0 radical (unpaired) electrons. The normalized spacial score (nSPS) is 11.6. The molecule has 0 aliphatic rings. The smallest absolute Gasteiger partial charge is 0.356 e. The first kappa shape index (κ1) is 14.6. The van der Waals surface area contributed by atoms with E-state index in [1.54, 1.807) is 12.4 Å². The zero-order chi connectivity index (χ0) is 14.6. The number of hydrogen-bond donors (Lipinski definition) is 3. The van der Waals surface area contributed by atoms with Crippen LogP contribution in [-0.2, 0) is 16.4 Å². The van der Waals surface area contributed by atoms with Crippen LogP contribution in [-0.4, -0.2) is 41.0 Å². The Morgan fingerprint density at radius 2 is 2.25 bits per heavy atom. The molecule has 0 amide bonds. The van der Waals surface area contributed by atoms with Gasteiger partial charge in [0.25, 0.3) is 10.0 Å². The molecule has 20 heavy (non-hydrogen) atoms. The van der Waals surface area contributed by atoms with Crippen molar-refractivity contribution < 1.29 is 18.3 Å². The van der Waals surface area contributed by atoms with Crippen LogP contribution in [0, 0.1) is 0 Å². The highest BCUT2D eigenvalue weighted by Gasteiger charge is 2.25. The SMILES string of the molecule is O=C(O)c1ncsc1S(=O)(=O)NCCCc1ncc[nH]1. The molecule has 0 saturated heterocycles. The van der Waals surface area contributed by atoms with Gasteiger partial charge in [-0.2, -0.15) is 0 Å². The van der Waals surface area contributed by atoms with Gasteiger partial charge < -0.3 is 10.1 Å². The molecule has 0 aliphatic heterocycles. The van der Waals surface area contributed by atoms with Crippen LogP contribution in [0.2, 0.25) is 0 Å². The molecule has 2 rings (SSSR count). The third-order valence-corrected chi connectivity index (χ3v) is 5.25. The van der Waals surface area contributed by atoms with Crippen LogP contribution in [0.5, 0.6) is 0 Å². The summed E-state index contributed by atoms with van der Waals surface area (Å²) < 4.78 is 26.0. The van der Waals surface area contributed by atoms with Crippen LogP contribution in [0.4, 0.5) is 0 Å².